The van der Waals surface area contributed by atoms with E-state index in [0.29, 0.717) is 0 Å². The van der Waals surface area contributed by atoms with Crippen LogP contribution in [0.3, 0.4) is 0 Å². The van der Waals surface area contributed by atoms with Gasteiger partial charge in [0.15, 0.2) is 5.82 Å². The van der Waals surface area contributed by atoms with Crippen LogP contribution in [-0.4, -0.2) is 15.9 Å². The summed E-state index contributed by atoms with van der Waals surface area (Å²) in [5.41, 5.74) is 15.7. The number of nitrogens with two attached hydrogens (primary N) is 3. The van der Waals surface area contributed by atoms with Gasteiger partial charge in [0, 0.05) is 0 Å². The first-order chi connectivity index (χ1) is 5.11. The summed E-state index contributed by atoms with van der Waals surface area (Å²) in [6.45, 7) is 0. The second-order valence-electron chi connectivity index (χ2n) is 1.90. The molecular weight excluding hydrogens is 146 g/mol. The molecule has 0 aliphatic rings. The molecule has 58 valence electrons. The smallest absolute Gasteiger partial charge is 0.286 e. The van der Waals surface area contributed by atoms with Crippen molar-refractivity contribution in [1.82, 2.24) is 9.97 Å². The van der Waals surface area contributed by atoms with E-state index in [-0.39, 0.29) is 17.3 Å². The van der Waals surface area contributed by atoms with E-state index in [2.05, 4.69) is 9.97 Å². The number of hydrogen-bond donors (Lipinski definition) is 3. The van der Waals surface area contributed by atoms with Gasteiger partial charge in [-0.25, -0.2) is 9.97 Å². The first-order valence-electron chi connectivity index (χ1n) is 2.79. The minimum Gasteiger partial charge on any atom is -0.394 e. The number of amides is 1. The Balaban J connectivity index is 3.15. The highest BCUT2D eigenvalue weighted by molar-refractivity contribution is 5.89. The predicted octanol–water partition coefficient (Wildman–Crippen LogP) is -1.26. The summed E-state index contributed by atoms with van der Waals surface area (Å²) in [5.74, 6) is -0.790. The molecule has 1 aromatic rings. The van der Waals surface area contributed by atoms with Crippen molar-refractivity contribution >= 4 is 17.4 Å². The number of aromatic nitrogens is 2. The Morgan fingerprint density at radius 1 is 1.45 bits per heavy atom. The fourth-order valence-corrected chi connectivity index (χ4v) is 0.523. The Hall–Kier alpha value is -1.85. The first-order valence-corrected chi connectivity index (χ1v) is 2.79. The van der Waals surface area contributed by atoms with Crippen LogP contribution in [0.25, 0.3) is 0 Å². The molecule has 0 unspecified atom stereocenters. The molecule has 0 atom stereocenters. The van der Waals surface area contributed by atoms with E-state index in [1.165, 1.54) is 6.20 Å². The molecule has 0 spiro atoms. The van der Waals surface area contributed by atoms with Crippen LogP contribution in [0.5, 0.6) is 0 Å². The summed E-state index contributed by atoms with van der Waals surface area (Å²) in [7, 11) is 0. The van der Waals surface area contributed by atoms with E-state index in [1.54, 1.807) is 0 Å². The van der Waals surface area contributed by atoms with Gasteiger partial charge in [0.05, 0.1) is 11.9 Å². The second kappa shape index (κ2) is 2.41. The number of rotatable bonds is 1. The molecule has 0 saturated heterocycles. The molecule has 1 rings (SSSR count). The zero-order valence-corrected chi connectivity index (χ0v) is 5.61. The number of hydrogen-bond acceptors (Lipinski definition) is 5. The van der Waals surface area contributed by atoms with Crippen molar-refractivity contribution < 1.29 is 4.79 Å². The SMILES string of the molecule is NC(=O)c1ncc(N)c(N)n1. The standard InChI is InChI=1S/C5H7N5O/c6-2-1-9-5(4(8)11)10-3(2)7/h1H,6H2,(H2,8,11)(H2,7,9,10). The lowest BCUT2D eigenvalue weighted by Gasteiger charge is -1.98. The summed E-state index contributed by atoms with van der Waals surface area (Å²) in [6.07, 6.45) is 1.24. The molecule has 0 fully saturated rings. The number of carbonyl (C=O) groups excluding carboxylic acids is 1. The molecule has 0 bridgehead atoms. The predicted molar refractivity (Wildman–Crippen MR) is 39.4 cm³/mol. The van der Waals surface area contributed by atoms with Gasteiger partial charge in [0.2, 0.25) is 5.82 Å². The highest BCUT2D eigenvalue weighted by atomic mass is 16.1. The second-order valence-corrected chi connectivity index (χ2v) is 1.90. The van der Waals surface area contributed by atoms with Crippen LogP contribution in [0, 0.1) is 0 Å². The van der Waals surface area contributed by atoms with Gasteiger partial charge in [0.25, 0.3) is 5.91 Å². The van der Waals surface area contributed by atoms with Gasteiger partial charge in [0.1, 0.15) is 0 Å². The third-order valence-corrected chi connectivity index (χ3v) is 1.07. The highest BCUT2D eigenvalue weighted by Crippen LogP contribution is 2.07. The van der Waals surface area contributed by atoms with Crippen LogP contribution in [0.15, 0.2) is 6.20 Å². The topological polar surface area (TPSA) is 121 Å². The summed E-state index contributed by atoms with van der Waals surface area (Å²) in [6, 6.07) is 0. The molecule has 0 aromatic carbocycles. The summed E-state index contributed by atoms with van der Waals surface area (Å²) in [5, 5.41) is 0. The Labute approximate surface area is 62.4 Å². The average molecular weight is 153 g/mol. The Morgan fingerprint density at radius 3 is 2.55 bits per heavy atom. The van der Waals surface area contributed by atoms with Crippen LogP contribution in [0.2, 0.25) is 0 Å². The molecule has 1 aromatic heterocycles. The number of primary amides is 1. The van der Waals surface area contributed by atoms with E-state index in [0.717, 1.165) is 0 Å². The lowest BCUT2D eigenvalue weighted by atomic mass is 10.4. The Bertz CT molecular complexity index is 297. The Morgan fingerprint density at radius 2 is 2.09 bits per heavy atom. The van der Waals surface area contributed by atoms with Crippen molar-refractivity contribution in [2.24, 2.45) is 5.73 Å². The molecule has 0 aliphatic heterocycles. The summed E-state index contributed by atoms with van der Waals surface area (Å²) in [4.78, 5) is 17.6. The molecule has 0 saturated carbocycles. The van der Waals surface area contributed by atoms with Crippen molar-refractivity contribution in [3.63, 3.8) is 0 Å². The van der Waals surface area contributed by atoms with Crippen molar-refractivity contribution in [3.8, 4) is 0 Å². The van der Waals surface area contributed by atoms with Crippen LogP contribution in [-0.2, 0) is 0 Å². The summed E-state index contributed by atoms with van der Waals surface area (Å²) < 4.78 is 0. The van der Waals surface area contributed by atoms with Gasteiger partial charge in [-0.2, -0.15) is 0 Å². The van der Waals surface area contributed by atoms with Gasteiger partial charge < -0.3 is 17.2 Å². The van der Waals surface area contributed by atoms with E-state index in [4.69, 9.17) is 17.2 Å². The van der Waals surface area contributed by atoms with Gasteiger partial charge in [-0.05, 0) is 0 Å². The molecule has 0 radical (unpaired) electrons. The van der Waals surface area contributed by atoms with E-state index in [1.807, 2.05) is 0 Å². The maximum Gasteiger partial charge on any atom is 0.286 e. The van der Waals surface area contributed by atoms with Crippen molar-refractivity contribution in [3.05, 3.63) is 12.0 Å². The Kier molecular flexibility index (Phi) is 1.59. The van der Waals surface area contributed by atoms with Crippen LogP contribution in [0.4, 0.5) is 11.5 Å². The molecular formula is C5H7N5O. The number of carbonyl (C=O) groups is 1. The van der Waals surface area contributed by atoms with Crippen LogP contribution in [0.1, 0.15) is 10.6 Å². The minimum atomic E-state index is -0.725. The zero-order valence-electron chi connectivity index (χ0n) is 5.61. The van der Waals surface area contributed by atoms with E-state index in [9.17, 15) is 4.79 Å². The maximum absolute atomic E-state index is 10.5. The molecule has 1 amide bonds. The van der Waals surface area contributed by atoms with Gasteiger partial charge in [-0.3, -0.25) is 4.79 Å². The van der Waals surface area contributed by atoms with E-state index < -0.39 is 5.91 Å². The zero-order chi connectivity index (χ0) is 8.43. The molecule has 6 N–H and O–H groups in total. The molecule has 11 heavy (non-hydrogen) atoms. The quantitative estimate of drug-likeness (QED) is 0.465. The fourth-order valence-electron chi connectivity index (χ4n) is 0.523. The number of nitrogens with zero attached hydrogens (tertiary/aromatic N) is 2. The van der Waals surface area contributed by atoms with Crippen LogP contribution >= 0.6 is 0 Å². The van der Waals surface area contributed by atoms with Crippen molar-refractivity contribution in [1.29, 1.82) is 0 Å². The number of nitrogen functional groups attached to an aromatic ring is 2. The van der Waals surface area contributed by atoms with Crippen molar-refractivity contribution in [2.75, 3.05) is 11.5 Å². The average Bonchev–Trinajstić information content (AvgIpc) is 1.94. The van der Waals surface area contributed by atoms with Gasteiger partial charge in [-0.15, -0.1) is 0 Å². The minimum absolute atomic E-state index is 0.0637. The summed E-state index contributed by atoms with van der Waals surface area (Å²) >= 11 is 0. The maximum atomic E-state index is 10.5. The lowest BCUT2D eigenvalue weighted by Crippen LogP contribution is -2.16. The number of anilines is 2. The third kappa shape index (κ3) is 1.34. The molecule has 1 heterocycles. The van der Waals surface area contributed by atoms with Crippen LogP contribution < -0.4 is 17.2 Å². The largest absolute Gasteiger partial charge is 0.394 e. The normalized spacial score (nSPS) is 9.45. The van der Waals surface area contributed by atoms with Gasteiger partial charge in [-0.1, -0.05) is 0 Å². The van der Waals surface area contributed by atoms with Crippen molar-refractivity contribution in [2.45, 2.75) is 0 Å². The fraction of sp³-hybridized carbons (Fsp3) is 0. The van der Waals surface area contributed by atoms with E-state index >= 15 is 0 Å². The van der Waals surface area contributed by atoms with Gasteiger partial charge >= 0.3 is 0 Å². The monoisotopic (exact) mass is 153 g/mol. The first kappa shape index (κ1) is 7.26. The third-order valence-electron chi connectivity index (χ3n) is 1.07. The molecule has 6 nitrogen and oxygen atoms in total. The highest BCUT2D eigenvalue weighted by Gasteiger charge is 2.05. The molecule has 6 heteroatoms. The lowest BCUT2D eigenvalue weighted by molar-refractivity contribution is 0.0990. The molecule has 0 aliphatic carbocycles.